The molecule has 1 aliphatic rings. The van der Waals surface area contributed by atoms with Gasteiger partial charge in [0, 0.05) is 24.8 Å². The highest BCUT2D eigenvalue weighted by atomic mass is 16.6. The van der Waals surface area contributed by atoms with E-state index in [1.165, 1.54) is 24.4 Å². The lowest BCUT2D eigenvalue weighted by Crippen LogP contribution is -2.36. The van der Waals surface area contributed by atoms with E-state index in [2.05, 4.69) is 10.3 Å². The number of aliphatic hydroxyl groups is 3. The van der Waals surface area contributed by atoms with Gasteiger partial charge in [0.15, 0.2) is 6.23 Å². The quantitative estimate of drug-likeness (QED) is 0.327. The molecule has 2 heterocycles. The van der Waals surface area contributed by atoms with Gasteiger partial charge in [0.1, 0.15) is 24.1 Å². The number of non-ortho nitro benzene ring substituents is 1. The molecule has 1 aromatic carbocycles. The summed E-state index contributed by atoms with van der Waals surface area (Å²) in [5.74, 6) is -0.103. The Morgan fingerprint density at radius 3 is 2.55 bits per heavy atom. The highest BCUT2D eigenvalue weighted by Gasteiger charge is 2.43. The molecule has 1 saturated heterocycles. The Morgan fingerprint density at radius 1 is 1.26 bits per heavy atom. The molecular formula is C18H20N4O9. The standard InChI is InChI=1S/C18H20N4O9/c23-9-12-14(24)15(25)16(31-12)21-7-5-13(19-17(21)26)20-18(27)30-8-6-10-1-3-11(4-2-10)22(28)29/h1-5,7,12,14-16,23-25H,6,8-9H2,(H,19,20,26,27)/t12-,14-,15-,16-/m1/s1. The molecule has 0 radical (unpaired) electrons. The number of nitrogens with one attached hydrogen (secondary N) is 1. The lowest BCUT2D eigenvalue weighted by molar-refractivity contribution is -0.384. The summed E-state index contributed by atoms with van der Waals surface area (Å²) in [5.41, 5.74) is -0.170. The van der Waals surface area contributed by atoms with E-state index in [-0.39, 0.29) is 18.1 Å². The number of rotatable bonds is 7. The summed E-state index contributed by atoms with van der Waals surface area (Å²) < 4.78 is 11.2. The van der Waals surface area contributed by atoms with E-state index in [4.69, 9.17) is 14.6 Å². The van der Waals surface area contributed by atoms with Crippen LogP contribution in [0.2, 0.25) is 0 Å². The van der Waals surface area contributed by atoms with Gasteiger partial charge in [-0.05, 0) is 11.6 Å². The van der Waals surface area contributed by atoms with Crippen molar-refractivity contribution >= 4 is 17.6 Å². The van der Waals surface area contributed by atoms with Crippen LogP contribution in [0, 0.1) is 10.1 Å². The second kappa shape index (κ2) is 9.61. The highest BCUT2D eigenvalue weighted by Crippen LogP contribution is 2.28. The molecule has 31 heavy (non-hydrogen) atoms. The largest absolute Gasteiger partial charge is 0.449 e. The number of benzene rings is 1. The SMILES string of the molecule is O=C(Nc1ccn([C@@H]2O[C@H](CO)[C@@H](O)[C@H]2O)c(=O)n1)OCCc1ccc([N+](=O)[O-])cc1. The molecule has 1 aliphatic heterocycles. The Balaban J connectivity index is 1.53. The molecule has 13 heteroatoms. The Hall–Kier alpha value is -3.39. The Morgan fingerprint density at radius 2 is 1.97 bits per heavy atom. The molecule has 3 rings (SSSR count). The number of carbonyl (C=O) groups excluding carboxylic acids is 1. The zero-order chi connectivity index (χ0) is 22.5. The van der Waals surface area contributed by atoms with Crippen LogP contribution in [-0.4, -0.2) is 67.4 Å². The van der Waals surface area contributed by atoms with E-state index >= 15 is 0 Å². The van der Waals surface area contributed by atoms with Crippen molar-refractivity contribution in [1.29, 1.82) is 0 Å². The van der Waals surface area contributed by atoms with Crippen molar-refractivity contribution in [2.45, 2.75) is 31.0 Å². The van der Waals surface area contributed by atoms with Gasteiger partial charge in [-0.25, -0.2) is 9.59 Å². The average molecular weight is 436 g/mol. The second-order valence-corrected chi connectivity index (χ2v) is 6.67. The Labute approximate surface area is 174 Å². The second-order valence-electron chi connectivity index (χ2n) is 6.67. The Bertz CT molecular complexity index is 994. The molecule has 1 amide bonds. The molecule has 0 unspecified atom stereocenters. The summed E-state index contributed by atoms with van der Waals surface area (Å²) in [4.78, 5) is 37.9. The van der Waals surface area contributed by atoms with Gasteiger partial charge in [0.05, 0.1) is 18.1 Å². The maximum absolute atomic E-state index is 12.2. The van der Waals surface area contributed by atoms with Gasteiger partial charge < -0.3 is 24.8 Å². The van der Waals surface area contributed by atoms with Crippen molar-refractivity contribution in [3.8, 4) is 0 Å². The number of hydrogen-bond acceptors (Lipinski definition) is 10. The minimum Gasteiger partial charge on any atom is -0.449 e. The number of nitro benzene ring substituents is 1. The zero-order valence-electron chi connectivity index (χ0n) is 16.0. The Kier molecular flexibility index (Phi) is 6.91. The van der Waals surface area contributed by atoms with Crippen molar-refractivity contribution < 1.29 is 34.5 Å². The molecular weight excluding hydrogens is 416 g/mol. The predicted molar refractivity (Wildman–Crippen MR) is 103 cm³/mol. The van der Waals surface area contributed by atoms with Gasteiger partial charge >= 0.3 is 11.8 Å². The van der Waals surface area contributed by atoms with Crippen LogP contribution in [0.5, 0.6) is 0 Å². The topological polar surface area (TPSA) is 186 Å². The van der Waals surface area contributed by atoms with Crippen molar-refractivity contribution in [2.24, 2.45) is 0 Å². The minimum atomic E-state index is -1.44. The van der Waals surface area contributed by atoms with E-state index < -0.39 is 47.9 Å². The normalized spacial score (nSPS) is 22.8. The molecule has 4 N–H and O–H groups in total. The molecule has 13 nitrogen and oxygen atoms in total. The van der Waals surface area contributed by atoms with Crippen LogP contribution < -0.4 is 11.0 Å². The third-order valence-corrected chi connectivity index (χ3v) is 4.62. The average Bonchev–Trinajstić information content (AvgIpc) is 3.02. The van der Waals surface area contributed by atoms with Crippen LogP contribution in [0.3, 0.4) is 0 Å². The van der Waals surface area contributed by atoms with Gasteiger partial charge in [0.25, 0.3) is 5.69 Å². The van der Waals surface area contributed by atoms with Crippen LogP contribution in [0.4, 0.5) is 16.3 Å². The highest BCUT2D eigenvalue weighted by molar-refractivity contribution is 5.83. The smallest absolute Gasteiger partial charge is 0.412 e. The summed E-state index contributed by atoms with van der Waals surface area (Å²) in [7, 11) is 0. The van der Waals surface area contributed by atoms with E-state index in [0.717, 1.165) is 10.1 Å². The molecule has 0 bridgehead atoms. The van der Waals surface area contributed by atoms with Gasteiger partial charge in [0.2, 0.25) is 0 Å². The van der Waals surface area contributed by atoms with E-state index in [1.807, 2.05) is 0 Å². The van der Waals surface area contributed by atoms with Crippen molar-refractivity contribution in [3.05, 3.63) is 62.7 Å². The number of aromatic nitrogens is 2. The molecule has 2 aromatic rings. The number of ether oxygens (including phenoxy) is 2. The summed E-state index contributed by atoms with van der Waals surface area (Å²) in [6, 6.07) is 7.08. The number of aliphatic hydroxyl groups excluding tert-OH is 3. The third-order valence-electron chi connectivity index (χ3n) is 4.62. The first kappa shape index (κ1) is 22.3. The lowest BCUT2D eigenvalue weighted by atomic mass is 10.1. The fourth-order valence-corrected chi connectivity index (χ4v) is 2.97. The van der Waals surface area contributed by atoms with Crippen LogP contribution in [0.25, 0.3) is 0 Å². The molecule has 1 aromatic heterocycles. The van der Waals surface area contributed by atoms with Crippen molar-refractivity contribution in [3.63, 3.8) is 0 Å². The number of anilines is 1. The van der Waals surface area contributed by atoms with Gasteiger partial charge in [-0.15, -0.1) is 0 Å². The number of hydrogen-bond donors (Lipinski definition) is 4. The first-order valence-corrected chi connectivity index (χ1v) is 9.19. The molecule has 166 valence electrons. The summed E-state index contributed by atoms with van der Waals surface area (Å²) >= 11 is 0. The fourth-order valence-electron chi connectivity index (χ4n) is 2.97. The minimum absolute atomic E-state index is 0.0107. The van der Waals surface area contributed by atoms with E-state index in [1.54, 1.807) is 12.1 Å². The van der Waals surface area contributed by atoms with Gasteiger partial charge in [-0.2, -0.15) is 4.98 Å². The number of amides is 1. The molecule has 0 aliphatic carbocycles. The van der Waals surface area contributed by atoms with Crippen molar-refractivity contribution in [2.75, 3.05) is 18.5 Å². The monoisotopic (exact) mass is 436 g/mol. The fraction of sp³-hybridized carbons (Fsp3) is 0.389. The zero-order valence-corrected chi connectivity index (χ0v) is 16.0. The molecule has 1 fully saturated rings. The molecule has 4 atom stereocenters. The van der Waals surface area contributed by atoms with E-state index in [0.29, 0.717) is 6.42 Å². The number of nitro groups is 1. The maximum Gasteiger partial charge on any atom is 0.412 e. The van der Waals surface area contributed by atoms with Crippen molar-refractivity contribution in [1.82, 2.24) is 9.55 Å². The first-order valence-electron chi connectivity index (χ1n) is 9.19. The van der Waals surface area contributed by atoms with Gasteiger partial charge in [-0.1, -0.05) is 12.1 Å². The first-order chi connectivity index (χ1) is 14.8. The predicted octanol–water partition coefficient (Wildman–Crippen LogP) is -0.446. The number of carbonyl (C=O) groups is 1. The van der Waals surface area contributed by atoms with E-state index in [9.17, 15) is 29.9 Å². The maximum atomic E-state index is 12.2. The van der Waals surface area contributed by atoms with Crippen LogP contribution >= 0.6 is 0 Å². The molecule has 0 saturated carbocycles. The lowest BCUT2D eigenvalue weighted by Gasteiger charge is -2.17. The summed E-state index contributed by atoms with van der Waals surface area (Å²) in [6.45, 7) is -0.550. The van der Waals surface area contributed by atoms with Crippen LogP contribution in [-0.2, 0) is 15.9 Å². The summed E-state index contributed by atoms with van der Waals surface area (Å²) in [6.07, 6.45) is -4.43. The molecule has 0 spiro atoms. The van der Waals surface area contributed by atoms with Gasteiger partial charge in [-0.3, -0.25) is 20.0 Å². The van der Waals surface area contributed by atoms with Crippen LogP contribution in [0.1, 0.15) is 11.8 Å². The summed E-state index contributed by atoms with van der Waals surface area (Å²) in [5, 5.41) is 41.8. The third kappa shape index (κ3) is 5.21. The number of nitrogens with zero attached hydrogens (tertiary/aromatic N) is 3. The van der Waals surface area contributed by atoms with Crippen LogP contribution in [0.15, 0.2) is 41.3 Å².